The first kappa shape index (κ1) is 20.6. The molecule has 3 N–H and O–H groups in total. The molecule has 31 heavy (non-hydrogen) atoms. The van der Waals surface area contributed by atoms with Gasteiger partial charge in [-0.25, -0.2) is 4.79 Å². The van der Waals surface area contributed by atoms with Gasteiger partial charge in [0.2, 0.25) is 0 Å². The molecule has 3 aromatic carbocycles. The highest BCUT2D eigenvalue weighted by Gasteiger charge is 2.11. The smallest absolute Gasteiger partial charge is 0.321 e. The zero-order valence-corrected chi connectivity index (χ0v) is 18.2. The van der Waals surface area contributed by atoms with Gasteiger partial charge in [0, 0.05) is 32.5 Å². The molecule has 0 spiro atoms. The summed E-state index contributed by atoms with van der Waals surface area (Å²) in [7, 11) is 0. The molecule has 0 bridgehead atoms. The second-order valence-electron chi connectivity index (χ2n) is 6.95. The van der Waals surface area contributed by atoms with E-state index >= 15 is 0 Å². The van der Waals surface area contributed by atoms with E-state index in [1.165, 1.54) is 0 Å². The molecule has 3 amide bonds. The molecule has 0 radical (unpaired) electrons. The van der Waals surface area contributed by atoms with E-state index in [0.717, 1.165) is 21.1 Å². The van der Waals surface area contributed by atoms with Gasteiger partial charge in [0.05, 0.1) is 11.2 Å². The predicted molar refractivity (Wildman–Crippen MR) is 128 cm³/mol. The number of benzene rings is 3. The molecule has 154 valence electrons. The summed E-state index contributed by atoms with van der Waals surface area (Å²) in [5.41, 5.74) is 3.96. The number of rotatable bonds is 4. The molecule has 0 aliphatic heterocycles. The lowest BCUT2D eigenvalue weighted by molar-refractivity contribution is 0.102. The van der Waals surface area contributed by atoms with Gasteiger partial charge in [-0.3, -0.25) is 9.78 Å². The minimum Gasteiger partial charge on any atom is -0.321 e. The first-order valence-corrected chi connectivity index (χ1v) is 10.4. The highest BCUT2D eigenvalue weighted by molar-refractivity contribution is 9.10. The monoisotopic (exact) mass is 474 g/mol. The third kappa shape index (κ3) is 5.07. The number of pyridine rings is 1. The molecule has 0 unspecified atom stereocenters. The van der Waals surface area contributed by atoms with E-state index in [1.54, 1.807) is 36.4 Å². The average Bonchev–Trinajstić information content (AvgIpc) is 2.76. The lowest BCUT2D eigenvalue weighted by Gasteiger charge is -2.12. The van der Waals surface area contributed by atoms with Crippen LogP contribution >= 0.6 is 15.9 Å². The number of aromatic nitrogens is 1. The summed E-state index contributed by atoms with van der Waals surface area (Å²) < 4.78 is 0.931. The number of nitrogens with one attached hydrogen (secondary N) is 3. The Labute approximate surface area is 187 Å². The fourth-order valence-electron chi connectivity index (χ4n) is 3.15. The quantitative estimate of drug-likeness (QED) is 0.329. The predicted octanol–water partition coefficient (Wildman–Crippen LogP) is 6.20. The van der Waals surface area contributed by atoms with Crippen LogP contribution in [-0.2, 0) is 0 Å². The van der Waals surface area contributed by atoms with Gasteiger partial charge < -0.3 is 16.0 Å². The first-order chi connectivity index (χ1) is 15.0. The van der Waals surface area contributed by atoms with E-state index in [0.29, 0.717) is 22.6 Å². The fraction of sp³-hybridized carbons (Fsp3) is 0.0417. The summed E-state index contributed by atoms with van der Waals surface area (Å²) >= 11 is 3.37. The van der Waals surface area contributed by atoms with Gasteiger partial charge >= 0.3 is 6.03 Å². The summed E-state index contributed by atoms with van der Waals surface area (Å²) in [5, 5.41) is 9.30. The van der Waals surface area contributed by atoms with E-state index in [2.05, 4.69) is 36.9 Å². The van der Waals surface area contributed by atoms with Crippen molar-refractivity contribution in [2.75, 3.05) is 16.0 Å². The van der Waals surface area contributed by atoms with E-state index < -0.39 is 0 Å². The molecule has 0 atom stereocenters. The number of amides is 3. The minimum atomic E-state index is -0.364. The number of carbonyl (C=O) groups excluding carboxylic acids is 2. The van der Waals surface area contributed by atoms with Crippen LogP contribution in [0.5, 0.6) is 0 Å². The molecule has 7 heteroatoms. The number of fused-ring (bicyclic) bond motifs is 1. The van der Waals surface area contributed by atoms with Crippen LogP contribution in [0.2, 0.25) is 0 Å². The Morgan fingerprint density at radius 3 is 2.23 bits per heavy atom. The Balaban J connectivity index is 1.58. The third-order valence-electron chi connectivity index (χ3n) is 4.58. The third-order valence-corrected chi connectivity index (χ3v) is 5.11. The highest BCUT2D eigenvalue weighted by Crippen LogP contribution is 2.27. The SMILES string of the molecule is Cc1cc(NC(=O)c2ccccc2)c2cc(NC(=O)Nc3ccc(Br)cc3)ccc2n1. The maximum absolute atomic E-state index is 12.6. The van der Waals surface area contributed by atoms with Gasteiger partial charge in [-0.1, -0.05) is 34.1 Å². The van der Waals surface area contributed by atoms with Crippen molar-refractivity contribution in [1.29, 1.82) is 0 Å². The summed E-state index contributed by atoms with van der Waals surface area (Å²) in [6.07, 6.45) is 0. The van der Waals surface area contributed by atoms with Crippen molar-refractivity contribution in [1.82, 2.24) is 4.98 Å². The van der Waals surface area contributed by atoms with Gasteiger partial charge in [-0.2, -0.15) is 0 Å². The Hall–Kier alpha value is -3.71. The molecule has 0 fully saturated rings. The van der Waals surface area contributed by atoms with E-state index in [1.807, 2.05) is 49.4 Å². The normalized spacial score (nSPS) is 10.5. The first-order valence-electron chi connectivity index (χ1n) is 9.59. The average molecular weight is 475 g/mol. The lowest BCUT2D eigenvalue weighted by Crippen LogP contribution is -2.19. The molecule has 4 rings (SSSR count). The molecule has 0 saturated carbocycles. The van der Waals surface area contributed by atoms with Gasteiger partial charge in [0.25, 0.3) is 5.91 Å². The Morgan fingerprint density at radius 1 is 0.806 bits per heavy atom. The molecule has 1 heterocycles. The summed E-state index contributed by atoms with van der Waals surface area (Å²) in [5.74, 6) is -0.209. The number of anilines is 3. The van der Waals surface area contributed by atoms with Crippen molar-refractivity contribution in [2.45, 2.75) is 6.92 Å². The number of hydrogen-bond acceptors (Lipinski definition) is 3. The fourth-order valence-corrected chi connectivity index (χ4v) is 3.41. The van der Waals surface area contributed by atoms with Gasteiger partial charge in [-0.15, -0.1) is 0 Å². The Bertz CT molecular complexity index is 1260. The zero-order chi connectivity index (χ0) is 21.8. The largest absolute Gasteiger partial charge is 0.323 e. The van der Waals surface area contributed by atoms with Crippen LogP contribution in [0.15, 0.2) is 83.3 Å². The Morgan fingerprint density at radius 2 is 1.48 bits per heavy atom. The molecule has 4 aromatic rings. The van der Waals surface area contributed by atoms with Crippen LogP contribution in [0.1, 0.15) is 16.1 Å². The number of carbonyl (C=O) groups is 2. The second kappa shape index (κ2) is 8.97. The van der Waals surface area contributed by atoms with Crippen molar-refractivity contribution in [3.8, 4) is 0 Å². The van der Waals surface area contributed by atoms with Gasteiger partial charge in [0.15, 0.2) is 0 Å². The van der Waals surface area contributed by atoms with E-state index in [-0.39, 0.29) is 11.9 Å². The standard InChI is InChI=1S/C24H19BrN4O2/c1-15-13-22(29-23(30)16-5-3-2-4-6-16)20-14-19(11-12-21(20)26-15)28-24(31)27-18-9-7-17(25)8-10-18/h2-14H,1H3,(H,26,29,30)(H2,27,28,31). The molecule has 0 aliphatic rings. The zero-order valence-electron chi connectivity index (χ0n) is 16.6. The van der Waals surface area contributed by atoms with Crippen LogP contribution in [-0.4, -0.2) is 16.9 Å². The van der Waals surface area contributed by atoms with Gasteiger partial charge in [0.1, 0.15) is 0 Å². The molecular formula is C24H19BrN4O2. The van der Waals surface area contributed by atoms with E-state index in [9.17, 15) is 9.59 Å². The lowest BCUT2D eigenvalue weighted by atomic mass is 10.1. The second-order valence-corrected chi connectivity index (χ2v) is 7.86. The molecule has 6 nitrogen and oxygen atoms in total. The van der Waals surface area contributed by atoms with E-state index in [4.69, 9.17) is 0 Å². The van der Waals surface area contributed by atoms with Gasteiger partial charge in [-0.05, 0) is 67.6 Å². The number of halogens is 1. The number of aryl methyl sites for hydroxylation is 1. The van der Waals surface area contributed by atoms with Crippen LogP contribution < -0.4 is 16.0 Å². The maximum Gasteiger partial charge on any atom is 0.323 e. The van der Waals surface area contributed by atoms with Crippen molar-refractivity contribution in [2.24, 2.45) is 0 Å². The molecule has 0 saturated heterocycles. The maximum atomic E-state index is 12.6. The van der Waals surface area contributed by atoms with Crippen LogP contribution in [0.3, 0.4) is 0 Å². The highest BCUT2D eigenvalue weighted by atomic mass is 79.9. The van der Waals surface area contributed by atoms with Crippen LogP contribution in [0.25, 0.3) is 10.9 Å². The van der Waals surface area contributed by atoms with Crippen molar-refractivity contribution in [3.05, 3.63) is 94.6 Å². The summed E-state index contributed by atoms with van der Waals surface area (Å²) in [6.45, 7) is 1.87. The van der Waals surface area contributed by atoms with Crippen LogP contribution in [0.4, 0.5) is 21.9 Å². The van der Waals surface area contributed by atoms with Crippen LogP contribution in [0, 0.1) is 6.92 Å². The topological polar surface area (TPSA) is 83.1 Å². The van der Waals surface area contributed by atoms with Crippen molar-refractivity contribution < 1.29 is 9.59 Å². The minimum absolute atomic E-state index is 0.209. The summed E-state index contributed by atoms with van der Waals surface area (Å²) in [4.78, 5) is 29.6. The van der Waals surface area contributed by atoms with Crippen molar-refractivity contribution >= 4 is 55.8 Å². The molecule has 0 aliphatic carbocycles. The number of nitrogens with zero attached hydrogens (tertiary/aromatic N) is 1. The molecule has 1 aromatic heterocycles. The number of hydrogen-bond donors (Lipinski definition) is 3. The summed E-state index contributed by atoms with van der Waals surface area (Å²) in [6, 6.07) is 23.1. The Kier molecular flexibility index (Phi) is 5.95. The number of urea groups is 1. The van der Waals surface area contributed by atoms with Crippen molar-refractivity contribution in [3.63, 3.8) is 0 Å². The molecular weight excluding hydrogens is 456 g/mol.